The first-order valence-corrected chi connectivity index (χ1v) is 8.58. The van der Waals surface area contributed by atoms with E-state index in [0.29, 0.717) is 0 Å². The maximum Gasteiger partial charge on any atom is 0.342 e. The number of phenols is 2. The maximum atomic E-state index is 12.7. The quantitative estimate of drug-likeness (QED) is 0.551. The third kappa shape index (κ3) is 3.58. The molecule has 1 heterocycles. The number of ether oxygens (including phenoxy) is 3. The summed E-state index contributed by atoms with van der Waals surface area (Å²) in [6.07, 6.45) is -5.79. The number of carbonyl (C=O) groups is 1. The summed E-state index contributed by atoms with van der Waals surface area (Å²) in [5.74, 6) is -2.29. The van der Waals surface area contributed by atoms with Gasteiger partial charge in [0.05, 0.1) is 11.1 Å². The Balaban J connectivity index is 2.43. The van der Waals surface area contributed by atoms with Gasteiger partial charge in [-0.1, -0.05) is 30.1 Å². The van der Waals surface area contributed by atoms with Crippen LogP contribution < -0.4 is 0 Å². The first-order chi connectivity index (χ1) is 12.1. The SMILES string of the molecule is CCc1c(Cl)c(O)c(Cl)c(O)c1C(=O)O[C@H]1[C@H](O)[C@@H](C)O[C@@H](O)[C@H]1OC. The Kier molecular flexibility index (Phi) is 6.60. The normalized spacial score (nSPS) is 28.8. The van der Waals surface area contributed by atoms with Gasteiger partial charge in [0, 0.05) is 7.11 Å². The topological polar surface area (TPSA) is 126 Å². The number of carbonyl (C=O) groups excluding carboxylic acids is 1. The van der Waals surface area contributed by atoms with Crippen molar-refractivity contribution < 1.29 is 39.4 Å². The van der Waals surface area contributed by atoms with Gasteiger partial charge in [-0.3, -0.25) is 0 Å². The number of aromatic hydroxyl groups is 2. The summed E-state index contributed by atoms with van der Waals surface area (Å²) in [6, 6.07) is 0. The Labute approximate surface area is 159 Å². The molecule has 0 radical (unpaired) electrons. The number of aliphatic hydroxyl groups is 2. The minimum absolute atomic E-state index is 0.125. The first kappa shape index (κ1) is 21.0. The van der Waals surface area contributed by atoms with E-state index in [9.17, 15) is 25.2 Å². The van der Waals surface area contributed by atoms with Gasteiger partial charge in [0.15, 0.2) is 23.9 Å². The molecule has 0 saturated carbocycles. The zero-order valence-electron chi connectivity index (χ0n) is 14.3. The summed E-state index contributed by atoms with van der Waals surface area (Å²) >= 11 is 11.8. The van der Waals surface area contributed by atoms with Crippen molar-refractivity contribution in [2.45, 2.75) is 51.0 Å². The van der Waals surface area contributed by atoms with Crippen molar-refractivity contribution in [3.63, 3.8) is 0 Å². The minimum atomic E-state index is -1.43. The smallest absolute Gasteiger partial charge is 0.342 e. The fraction of sp³-hybridized carbons (Fsp3) is 0.562. The summed E-state index contributed by atoms with van der Waals surface area (Å²) in [5.41, 5.74) is -0.212. The molecule has 146 valence electrons. The van der Waals surface area contributed by atoms with E-state index in [4.69, 9.17) is 37.4 Å². The number of benzene rings is 1. The van der Waals surface area contributed by atoms with Gasteiger partial charge >= 0.3 is 5.97 Å². The van der Waals surface area contributed by atoms with E-state index in [1.165, 1.54) is 14.0 Å². The molecular formula is C16H20Cl2O8. The third-order valence-electron chi connectivity index (χ3n) is 4.28. The van der Waals surface area contributed by atoms with E-state index >= 15 is 0 Å². The summed E-state index contributed by atoms with van der Waals surface area (Å²) in [5, 5.41) is 39.5. The van der Waals surface area contributed by atoms with Crippen LogP contribution in [0.2, 0.25) is 10.0 Å². The van der Waals surface area contributed by atoms with Crippen LogP contribution >= 0.6 is 23.2 Å². The van der Waals surface area contributed by atoms with Crippen molar-refractivity contribution in [1.82, 2.24) is 0 Å². The Hall–Kier alpha value is -1.29. The molecule has 0 amide bonds. The molecule has 2 rings (SSSR count). The largest absolute Gasteiger partial charge is 0.505 e. The molecule has 5 atom stereocenters. The predicted molar refractivity (Wildman–Crippen MR) is 91.7 cm³/mol. The summed E-state index contributed by atoms with van der Waals surface area (Å²) in [4.78, 5) is 12.7. The van der Waals surface area contributed by atoms with Crippen LogP contribution in [0.3, 0.4) is 0 Å². The highest BCUT2D eigenvalue weighted by Crippen LogP contribution is 2.45. The van der Waals surface area contributed by atoms with Gasteiger partial charge in [-0.05, 0) is 18.9 Å². The van der Waals surface area contributed by atoms with Crippen molar-refractivity contribution in [3.05, 3.63) is 21.2 Å². The number of phenolic OH excluding ortho intramolecular Hbond substituents is 2. The van der Waals surface area contributed by atoms with Crippen molar-refractivity contribution in [2.24, 2.45) is 0 Å². The van der Waals surface area contributed by atoms with E-state index in [0.717, 1.165) is 0 Å². The lowest BCUT2D eigenvalue weighted by Gasteiger charge is -2.40. The number of aliphatic hydroxyl groups excluding tert-OH is 2. The van der Waals surface area contributed by atoms with Crippen LogP contribution in [0.15, 0.2) is 0 Å². The van der Waals surface area contributed by atoms with Crippen molar-refractivity contribution in [2.75, 3.05) is 7.11 Å². The van der Waals surface area contributed by atoms with Crippen LogP contribution in [0.4, 0.5) is 0 Å². The monoisotopic (exact) mass is 410 g/mol. The minimum Gasteiger partial charge on any atom is -0.505 e. The van der Waals surface area contributed by atoms with Crippen LogP contribution in [-0.2, 0) is 20.6 Å². The molecule has 1 saturated heterocycles. The van der Waals surface area contributed by atoms with Crippen molar-refractivity contribution >= 4 is 29.2 Å². The number of halogens is 2. The van der Waals surface area contributed by atoms with Crippen LogP contribution in [0, 0.1) is 0 Å². The molecule has 1 fully saturated rings. The molecule has 0 bridgehead atoms. The van der Waals surface area contributed by atoms with Gasteiger partial charge in [0.25, 0.3) is 0 Å². The van der Waals surface area contributed by atoms with Gasteiger partial charge in [0.1, 0.15) is 22.8 Å². The number of esters is 1. The average molecular weight is 411 g/mol. The highest BCUT2D eigenvalue weighted by Gasteiger charge is 2.46. The Morgan fingerprint density at radius 3 is 2.31 bits per heavy atom. The van der Waals surface area contributed by atoms with E-state index in [1.807, 2.05) is 0 Å². The highest BCUT2D eigenvalue weighted by atomic mass is 35.5. The fourth-order valence-electron chi connectivity index (χ4n) is 2.84. The van der Waals surface area contributed by atoms with Gasteiger partial charge in [-0.2, -0.15) is 0 Å². The molecular weight excluding hydrogens is 391 g/mol. The van der Waals surface area contributed by atoms with Gasteiger partial charge in [-0.25, -0.2) is 4.79 Å². The Morgan fingerprint density at radius 1 is 1.15 bits per heavy atom. The lowest BCUT2D eigenvalue weighted by molar-refractivity contribution is -0.282. The molecule has 0 unspecified atom stereocenters. The number of rotatable bonds is 4. The zero-order chi connectivity index (χ0) is 19.8. The Bertz CT molecular complexity index is 696. The van der Waals surface area contributed by atoms with Gasteiger partial charge in [0.2, 0.25) is 0 Å². The standard InChI is InChI=1S/C16H20Cl2O8/c1-4-6-7(11(20)9(18)12(21)8(6)17)15(22)26-13-10(19)5(2)25-16(23)14(13)24-3/h5,10,13-14,16,19-21,23H,4H2,1-3H3/t5-,10-,13+,14+,16-/m1/s1. The molecule has 0 aliphatic carbocycles. The maximum absolute atomic E-state index is 12.7. The lowest BCUT2D eigenvalue weighted by atomic mass is 9.98. The molecule has 1 aromatic rings. The molecule has 8 nitrogen and oxygen atoms in total. The average Bonchev–Trinajstić information content (AvgIpc) is 2.60. The van der Waals surface area contributed by atoms with Gasteiger partial charge in [-0.15, -0.1) is 0 Å². The van der Waals surface area contributed by atoms with Crippen LogP contribution in [0.1, 0.15) is 29.8 Å². The Morgan fingerprint density at radius 2 is 1.77 bits per heavy atom. The molecule has 10 heteroatoms. The van der Waals surface area contributed by atoms with Crippen molar-refractivity contribution in [3.8, 4) is 11.5 Å². The van der Waals surface area contributed by atoms with E-state index in [2.05, 4.69) is 0 Å². The molecule has 0 aromatic heterocycles. The van der Waals surface area contributed by atoms with Gasteiger partial charge < -0.3 is 34.6 Å². The van der Waals surface area contributed by atoms with E-state index < -0.39 is 53.2 Å². The zero-order valence-corrected chi connectivity index (χ0v) is 15.8. The second kappa shape index (κ2) is 8.16. The van der Waals surface area contributed by atoms with Crippen LogP contribution in [0.5, 0.6) is 11.5 Å². The molecule has 0 spiro atoms. The number of methoxy groups -OCH3 is 1. The number of hydrogen-bond acceptors (Lipinski definition) is 8. The fourth-order valence-corrected chi connectivity index (χ4v) is 3.40. The third-order valence-corrected chi connectivity index (χ3v) is 5.04. The van der Waals surface area contributed by atoms with Crippen LogP contribution in [-0.4, -0.2) is 64.2 Å². The second-order valence-corrected chi connectivity index (χ2v) is 6.58. The van der Waals surface area contributed by atoms with Crippen LogP contribution in [0.25, 0.3) is 0 Å². The molecule has 1 aliphatic rings. The summed E-state index contributed by atoms with van der Waals surface area (Å²) < 4.78 is 15.5. The molecule has 1 aromatic carbocycles. The molecule has 4 N–H and O–H groups in total. The lowest BCUT2D eigenvalue weighted by Crippen LogP contribution is -2.58. The summed E-state index contributed by atoms with van der Waals surface area (Å²) in [7, 11) is 1.25. The van der Waals surface area contributed by atoms with Crippen molar-refractivity contribution in [1.29, 1.82) is 0 Å². The second-order valence-electron chi connectivity index (χ2n) is 5.82. The number of hydrogen-bond donors (Lipinski definition) is 4. The highest BCUT2D eigenvalue weighted by molar-refractivity contribution is 6.39. The molecule has 26 heavy (non-hydrogen) atoms. The predicted octanol–water partition coefficient (Wildman–Crippen LogP) is 1.61. The molecule has 1 aliphatic heterocycles. The van der Waals surface area contributed by atoms with E-state index in [1.54, 1.807) is 6.92 Å². The summed E-state index contributed by atoms with van der Waals surface area (Å²) in [6.45, 7) is 3.14. The first-order valence-electron chi connectivity index (χ1n) is 7.82. The van der Waals surface area contributed by atoms with E-state index in [-0.39, 0.29) is 22.6 Å².